The third-order valence-electron chi connectivity index (χ3n) is 3.90. The van der Waals surface area contributed by atoms with Crippen LogP contribution in [0.3, 0.4) is 0 Å². The lowest BCUT2D eigenvalue weighted by atomic mass is 10.0. The van der Waals surface area contributed by atoms with Gasteiger partial charge in [-0.2, -0.15) is 17.5 Å². The van der Waals surface area contributed by atoms with Gasteiger partial charge in [0.1, 0.15) is 0 Å². The molecule has 4 nitrogen and oxygen atoms in total. The van der Waals surface area contributed by atoms with Gasteiger partial charge in [-0.05, 0) is 24.0 Å². The number of hydrogen-bond acceptors (Lipinski definition) is 3. The Morgan fingerprint density at radius 3 is 2.67 bits per heavy atom. The van der Waals surface area contributed by atoms with Gasteiger partial charge in [0.15, 0.2) is 0 Å². The number of halogens is 3. The topological polar surface area (TPSA) is 46.6 Å². The molecule has 24 heavy (non-hydrogen) atoms. The fourth-order valence-electron chi connectivity index (χ4n) is 2.79. The van der Waals surface area contributed by atoms with Gasteiger partial charge >= 0.3 is 6.18 Å². The highest BCUT2D eigenvalue weighted by Crippen LogP contribution is 2.30. The van der Waals surface area contributed by atoms with Crippen LogP contribution in [0.4, 0.5) is 13.2 Å². The molecule has 0 bridgehead atoms. The van der Waals surface area contributed by atoms with Gasteiger partial charge in [0, 0.05) is 12.6 Å². The van der Waals surface area contributed by atoms with Crippen molar-refractivity contribution in [1.29, 1.82) is 0 Å². The van der Waals surface area contributed by atoms with Crippen LogP contribution in [-0.2, 0) is 27.5 Å². The van der Waals surface area contributed by atoms with Crippen LogP contribution in [0.5, 0.6) is 0 Å². The Morgan fingerprint density at radius 2 is 2.04 bits per heavy atom. The van der Waals surface area contributed by atoms with Crippen LogP contribution >= 0.6 is 0 Å². The Kier molecular flexibility index (Phi) is 5.93. The molecule has 1 aliphatic heterocycles. The minimum Gasteiger partial charge on any atom is -0.379 e. The zero-order valence-electron chi connectivity index (χ0n) is 13.7. The molecule has 2 rings (SSSR count). The van der Waals surface area contributed by atoms with E-state index in [2.05, 4.69) is 0 Å². The van der Waals surface area contributed by atoms with Crippen LogP contribution in [0.2, 0.25) is 0 Å². The first-order valence-corrected chi connectivity index (χ1v) is 9.44. The van der Waals surface area contributed by atoms with Gasteiger partial charge in [-0.3, -0.25) is 0 Å². The molecule has 0 aliphatic carbocycles. The second-order valence-corrected chi connectivity index (χ2v) is 8.46. The number of nitrogens with zero attached hydrogens (tertiary/aromatic N) is 1. The van der Waals surface area contributed by atoms with Crippen molar-refractivity contribution in [1.82, 2.24) is 4.31 Å². The number of ether oxygens (including phenoxy) is 1. The molecule has 1 saturated heterocycles. The number of rotatable bonds is 4. The largest absolute Gasteiger partial charge is 0.416 e. The first kappa shape index (κ1) is 19.2. The fraction of sp³-hybridized carbons (Fsp3) is 0.625. The molecule has 0 unspecified atom stereocenters. The number of sulfonamides is 1. The van der Waals surface area contributed by atoms with E-state index >= 15 is 0 Å². The van der Waals surface area contributed by atoms with Crippen LogP contribution in [0.1, 0.15) is 31.4 Å². The monoisotopic (exact) mass is 365 g/mol. The molecule has 1 heterocycles. The van der Waals surface area contributed by atoms with Gasteiger partial charge in [0.2, 0.25) is 10.0 Å². The predicted molar refractivity (Wildman–Crippen MR) is 84.8 cm³/mol. The minimum atomic E-state index is -4.45. The Labute approximate surface area is 140 Å². The molecule has 0 aromatic heterocycles. The van der Waals surface area contributed by atoms with Gasteiger partial charge in [-0.25, -0.2) is 8.42 Å². The normalized spacial score (nSPS) is 22.5. The molecule has 1 fully saturated rings. The summed E-state index contributed by atoms with van der Waals surface area (Å²) >= 11 is 0. The standard InChI is InChI=1S/C16H22F3NO3S/c1-12(2)8-15-11-23-6-7-24(21,22)20(15)10-13-4-3-5-14(9-13)16(17,18)19/h3-5,9,12,15H,6-8,10-11H2,1-2H3/t15-/m0/s1. The molecular formula is C16H22F3NO3S. The summed E-state index contributed by atoms with van der Waals surface area (Å²) < 4.78 is 70.3. The highest BCUT2D eigenvalue weighted by molar-refractivity contribution is 7.89. The lowest BCUT2D eigenvalue weighted by Gasteiger charge is -2.29. The van der Waals surface area contributed by atoms with E-state index in [1.54, 1.807) is 0 Å². The second-order valence-electron chi connectivity index (χ2n) is 6.42. The number of benzene rings is 1. The van der Waals surface area contributed by atoms with E-state index in [0.717, 1.165) is 12.1 Å². The maximum atomic E-state index is 12.9. The zero-order valence-corrected chi connectivity index (χ0v) is 14.5. The highest BCUT2D eigenvalue weighted by Gasteiger charge is 2.34. The first-order valence-electron chi connectivity index (χ1n) is 7.83. The van der Waals surface area contributed by atoms with Crippen LogP contribution in [0.15, 0.2) is 24.3 Å². The average molecular weight is 365 g/mol. The quantitative estimate of drug-likeness (QED) is 0.823. The van der Waals surface area contributed by atoms with Crippen molar-refractivity contribution in [2.75, 3.05) is 19.0 Å². The fourth-order valence-corrected chi connectivity index (χ4v) is 4.30. The third-order valence-corrected chi connectivity index (χ3v) is 5.72. The first-order chi connectivity index (χ1) is 11.1. The SMILES string of the molecule is CC(C)C[C@H]1COCCS(=O)(=O)N1Cc1cccc(C(F)(F)F)c1. The summed E-state index contributed by atoms with van der Waals surface area (Å²) in [5.74, 6) is 0.0940. The van der Waals surface area contributed by atoms with E-state index in [4.69, 9.17) is 4.74 Å². The molecule has 0 radical (unpaired) electrons. The maximum Gasteiger partial charge on any atom is 0.416 e. The molecular weight excluding hydrogens is 343 g/mol. The van der Waals surface area contributed by atoms with E-state index in [9.17, 15) is 21.6 Å². The molecule has 0 amide bonds. The molecule has 1 aromatic carbocycles. The lowest BCUT2D eigenvalue weighted by Crippen LogP contribution is -2.42. The van der Waals surface area contributed by atoms with Crippen molar-refractivity contribution >= 4 is 10.0 Å². The molecule has 0 saturated carbocycles. The number of hydrogen-bond donors (Lipinski definition) is 0. The predicted octanol–water partition coefficient (Wildman–Crippen LogP) is 3.28. The van der Waals surface area contributed by atoms with Gasteiger partial charge in [-0.15, -0.1) is 0 Å². The van der Waals surface area contributed by atoms with E-state index in [-0.39, 0.29) is 37.5 Å². The van der Waals surface area contributed by atoms with Gasteiger partial charge in [-0.1, -0.05) is 32.0 Å². The summed E-state index contributed by atoms with van der Waals surface area (Å²) in [5, 5.41) is 0. The maximum absolute atomic E-state index is 12.9. The Hall–Kier alpha value is -1.12. The van der Waals surface area contributed by atoms with E-state index < -0.39 is 21.8 Å². The van der Waals surface area contributed by atoms with Crippen molar-refractivity contribution < 1.29 is 26.3 Å². The molecule has 1 atom stereocenters. The minimum absolute atomic E-state index is 0.0764. The van der Waals surface area contributed by atoms with Crippen molar-refractivity contribution in [2.45, 2.75) is 39.0 Å². The van der Waals surface area contributed by atoms with Gasteiger partial charge in [0.25, 0.3) is 0 Å². The summed E-state index contributed by atoms with van der Waals surface area (Å²) in [6.07, 6.45) is -3.85. The summed E-state index contributed by atoms with van der Waals surface area (Å²) in [5.41, 5.74) is -0.451. The molecule has 0 spiro atoms. The van der Waals surface area contributed by atoms with Crippen molar-refractivity contribution in [3.63, 3.8) is 0 Å². The lowest BCUT2D eigenvalue weighted by molar-refractivity contribution is -0.137. The van der Waals surface area contributed by atoms with E-state index in [1.807, 2.05) is 13.8 Å². The van der Waals surface area contributed by atoms with Crippen LogP contribution in [0.25, 0.3) is 0 Å². The smallest absolute Gasteiger partial charge is 0.379 e. The summed E-state index contributed by atoms with van der Waals surface area (Å²) in [6.45, 7) is 4.24. The second kappa shape index (κ2) is 7.41. The molecule has 1 aromatic rings. The molecule has 8 heteroatoms. The van der Waals surface area contributed by atoms with Gasteiger partial charge < -0.3 is 4.74 Å². The summed E-state index contributed by atoms with van der Waals surface area (Å²) in [6, 6.07) is 4.44. The summed E-state index contributed by atoms with van der Waals surface area (Å²) in [7, 11) is -3.57. The van der Waals surface area contributed by atoms with Crippen LogP contribution < -0.4 is 0 Å². The zero-order chi connectivity index (χ0) is 18.0. The molecule has 0 N–H and O–H groups in total. The van der Waals surface area contributed by atoms with Gasteiger partial charge in [0.05, 0.1) is 24.5 Å². The Morgan fingerprint density at radius 1 is 1.33 bits per heavy atom. The van der Waals surface area contributed by atoms with E-state index in [0.29, 0.717) is 12.0 Å². The van der Waals surface area contributed by atoms with Crippen LogP contribution in [-0.4, -0.2) is 37.7 Å². The number of alkyl halides is 3. The summed E-state index contributed by atoms with van der Waals surface area (Å²) in [4.78, 5) is 0. The molecule has 136 valence electrons. The van der Waals surface area contributed by atoms with E-state index in [1.165, 1.54) is 16.4 Å². The van der Waals surface area contributed by atoms with Crippen molar-refractivity contribution in [3.8, 4) is 0 Å². The molecule has 1 aliphatic rings. The third kappa shape index (κ3) is 4.94. The van der Waals surface area contributed by atoms with Crippen molar-refractivity contribution in [3.05, 3.63) is 35.4 Å². The van der Waals surface area contributed by atoms with Crippen LogP contribution in [0, 0.1) is 5.92 Å². The highest BCUT2D eigenvalue weighted by atomic mass is 32.2. The average Bonchev–Trinajstić information content (AvgIpc) is 2.59. The Bertz CT molecular complexity index is 659. The Balaban J connectivity index is 2.31. The van der Waals surface area contributed by atoms with Crippen molar-refractivity contribution in [2.24, 2.45) is 5.92 Å².